The summed E-state index contributed by atoms with van der Waals surface area (Å²) in [6.45, 7) is 5.04. The molecule has 7 heteroatoms. The Hall–Kier alpha value is -3.42. The number of hydrogen-bond donors (Lipinski definition) is 1. The molecule has 190 valence electrons. The first-order valence-electron chi connectivity index (χ1n) is 13.6. The second-order valence-electron chi connectivity index (χ2n) is 10.7. The van der Waals surface area contributed by atoms with E-state index in [1.807, 2.05) is 33.7 Å². The number of amides is 1. The summed E-state index contributed by atoms with van der Waals surface area (Å²) in [5.41, 5.74) is 4.65. The van der Waals surface area contributed by atoms with E-state index in [-0.39, 0.29) is 24.2 Å². The molecule has 2 aliphatic heterocycles. The van der Waals surface area contributed by atoms with E-state index in [0.717, 1.165) is 56.5 Å². The lowest BCUT2D eigenvalue weighted by atomic mass is 9.99. The fraction of sp³-hybridized carbons (Fsp3) is 0.400. The van der Waals surface area contributed by atoms with E-state index in [4.69, 9.17) is 0 Å². The number of imidazole rings is 1. The van der Waals surface area contributed by atoms with Gasteiger partial charge in [-0.25, -0.2) is 4.79 Å². The van der Waals surface area contributed by atoms with Gasteiger partial charge in [-0.3, -0.25) is 18.8 Å². The van der Waals surface area contributed by atoms with Crippen LogP contribution >= 0.6 is 0 Å². The third kappa shape index (κ3) is 3.80. The van der Waals surface area contributed by atoms with Crippen molar-refractivity contribution in [3.05, 3.63) is 82.3 Å². The third-order valence-corrected chi connectivity index (χ3v) is 8.73. The van der Waals surface area contributed by atoms with Crippen LogP contribution in [0.3, 0.4) is 0 Å². The number of nitrogens with zero attached hydrogens (tertiary/aromatic N) is 4. The van der Waals surface area contributed by atoms with Crippen LogP contribution in [0.2, 0.25) is 0 Å². The van der Waals surface area contributed by atoms with Crippen LogP contribution in [0.4, 0.5) is 0 Å². The van der Waals surface area contributed by atoms with Gasteiger partial charge in [0.15, 0.2) is 0 Å². The van der Waals surface area contributed by atoms with Gasteiger partial charge in [0.2, 0.25) is 5.91 Å². The second kappa shape index (κ2) is 9.15. The van der Waals surface area contributed by atoms with Crippen molar-refractivity contribution in [2.75, 3.05) is 39.3 Å². The number of hydrogen-bond acceptors (Lipinski definition) is 4. The molecule has 1 aromatic heterocycles. The molecule has 0 saturated carbocycles. The average Bonchev–Trinajstić information content (AvgIpc) is 3.46. The van der Waals surface area contributed by atoms with Crippen LogP contribution in [0, 0.1) is 0 Å². The minimum absolute atomic E-state index is 0.0243. The summed E-state index contributed by atoms with van der Waals surface area (Å²) in [5.74, 6) is 0.0243. The van der Waals surface area contributed by atoms with Crippen LogP contribution in [0.1, 0.15) is 36.1 Å². The van der Waals surface area contributed by atoms with Gasteiger partial charge in [-0.05, 0) is 53.3 Å². The number of nitrogens with one attached hydrogen (secondary N) is 1. The SMILES string of the molecule is O=C(Cn1c(=O)n(C2CCN(C3Cc4cccc5cccc3c45)CC2)c2ccccc21)N1CCNCC1. The Morgan fingerprint density at radius 2 is 1.59 bits per heavy atom. The zero-order valence-electron chi connectivity index (χ0n) is 21.1. The molecule has 2 saturated heterocycles. The smallest absolute Gasteiger partial charge is 0.329 e. The number of likely N-dealkylation sites (tertiary alicyclic amines) is 1. The molecule has 3 heterocycles. The minimum Gasteiger partial charge on any atom is -0.339 e. The first-order chi connectivity index (χ1) is 18.2. The van der Waals surface area contributed by atoms with Crippen molar-refractivity contribution in [3.8, 4) is 0 Å². The molecule has 0 spiro atoms. The van der Waals surface area contributed by atoms with Crippen LogP contribution in [-0.2, 0) is 17.8 Å². The van der Waals surface area contributed by atoms with E-state index in [2.05, 4.69) is 46.6 Å². The monoisotopic (exact) mass is 495 g/mol. The number of carbonyl (C=O) groups excluding carboxylic acids is 1. The highest BCUT2D eigenvalue weighted by atomic mass is 16.2. The standard InChI is InChI=1S/C30H33N5O2/c36-28(33-17-13-31-14-18-33)20-34-25-9-1-2-10-26(25)35(30(34)37)23-11-15-32(16-12-23)27-19-22-7-3-5-21-6-4-8-24(27)29(21)22/h1-10,23,27,31H,11-20H2. The maximum Gasteiger partial charge on any atom is 0.329 e. The lowest BCUT2D eigenvalue weighted by molar-refractivity contribution is -0.132. The minimum atomic E-state index is -0.0545. The Balaban J connectivity index is 1.13. The number of aromatic nitrogens is 2. The molecular weight excluding hydrogens is 462 g/mol. The zero-order valence-corrected chi connectivity index (χ0v) is 21.1. The molecule has 3 aromatic carbocycles. The lowest BCUT2D eigenvalue weighted by Crippen LogP contribution is -2.48. The largest absolute Gasteiger partial charge is 0.339 e. The van der Waals surface area contributed by atoms with E-state index in [1.165, 1.54) is 21.9 Å². The number of carbonyl (C=O) groups is 1. The summed E-state index contributed by atoms with van der Waals surface area (Å²) >= 11 is 0. The lowest BCUT2D eigenvalue weighted by Gasteiger charge is -2.36. The molecular formula is C30H33N5O2. The summed E-state index contributed by atoms with van der Waals surface area (Å²) in [4.78, 5) is 31.3. The van der Waals surface area contributed by atoms with E-state index >= 15 is 0 Å². The molecule has 0 bridgehead atoms. The van der Waals surface area contributed by atoms with Crippen molar-refractivity contribution < 1.29 is 4.79 Å². The number of rotatable bonds is 4. The van der Waals surface area contributed by atoms with Gasteiger partial charge in [0.05, 0.1) is 11.0 Å². The molecule has 7 rings (SSSR count). The van der Waals surface area contributed by atoms with Crippen molar-refractivity contribution in [2.45, 2.75) is 37.9 Å². The number of para-hydroxylation sites is 2. The number of piperazine rings is 1. The van der Waals surface area contributed by atoms with Crippen LogP contribution in [-0.4, -0.2) is 64.1 Å². The zero-order chi connectivity index (χ0) is 24.9. The quantitative estimate of drug-likeness (QED) is 0.472. The molecule has 0 radical (unpaired) electrons. The fourth-order valence-electron chi connectivity index (χ4n) is 6.88. The van der Waals surface area contributed by atoms with E-state index in [0.29, 0.717) is 19.1 Å². The topological polar surface area (TPSA) is 62.5 Å². The van der Waals surface area contributed by atoms with Gasteiger partial charge in [0, 0.05) is 51.4 Å². The molecule has 7 nitrogen and oxygen atoms in total. The summed E-state index contributed by atoms with van der Waals surface area (Å²) in [7, 11) is 0. The predicted molar refractivity (Wildman–Crippen MR) is 146 cm³/mol. The maximum absolute atomic E-state index is 13.7. The van der Waals surface area contributed by atoms with Gasteiger partial charge in [0.1, 0.15) is 6.54 Å². The summed E-state index contributed by atoms with van der Waals surface area (Å²) in [6.07, 6.45) is 2.93. The molecule has 4 aromatic rings. The molecule has 2 fully saturated rings. The first-order valence-corrected chi connectivity index (χ1v) is 13.6. The van der Waals surface area contributed by atoms with Gasteiger partial charge in [-0.15, -0.1) is 0 Å². The molecule has 1 atom stereocenters. The average molecular weight is 496 g/mol. The van der Waals surface area contributed by atoms with Crippen molar-refractivity contribution in [1.29, 1.82) is 0 Å². The molecule has 1 aliphatic carbocycles. The first kappa shape index (κ1) is 22.8. The number of benzene rings is 3. The van der Waals surface area contributed by atoms with Crippen molar-refractivity contribution in [1.82, 2.24) is 24.3 Å². The van der Waals surface area contributed by atoms with Crippen molar-refractivity contribution in [2.24, 2.45) is 0 Å². The summed E-state index contributed by atoms with van der Waals surface area (Å²) < 4.78 is 3.67. The molecule has 1 N–H and O–H groups in total. The van der Waals surface area contributed by atoms with E-state index in [1.54, 1.807) is 4.57 Å². The van der Waals surface area contributed by atoms with Crippen LogP contribution in [0.15, 0.2) is 65.5 Å². The van der Waals surface area contributed by atoms with Gasteiger partial charge in [0.25, 0.3) is 0 Å². The second-order valence-corrected chi connectivity index (χ2v) is 10.7. The maximum atomic E-state index is 13.7. The normalized spacial score (nSPS) is 20.8. The molecule has 37 heavy (non-hydrogen) atoms. The Kier molecular flexibility index (Phi) is 5.63. The molecule has 1 unspecified atom stereocenters. The van der Waals surface area contributed by atoms with E-state index < -0.39 is 0 Å². The third-order valence-electron chi connectivity index (χ3n) is 8.73. The van der Waals surface area contributed by atoms with E-state index in [9.17, 15) is 9.59 Å². The van der Waals surface area contributed by atoms with Crippen molar-refractivity contribution in [3.63, 3.8) is 0 Å². The number of piperidine rings is 1. The Bertz CT molecular complexity index is 1530. The van der Waals surface area contributed by atoms with Gasteiger partial charge in [-0.2, -0.15) is 0 Å². The summed E-state index contributed by atoms with van der Waals surface area (Å²) in [6, 6.07) is 21.9. The molecule has 1 amide bonds. The highest BCUT2D eigenvalue weighted by molar-refractivity contribution is 5.91. The highest BCUT2D eigenvalue weighted by Gasteiger charge is 2.33. The molecule has 3 aliphatic rings. The fourth-order valence-corrected chi connectivity index (χ4v) is 6.88. The van der Waals surface area contributed by atoms with Gasteiger partial charge >= 0.3 is 5.69 Å². The summed E-state index contributed by atoms with van der Waals surface area (Å²) in [5, 5.41) is 6.06. The van der Waals surface area contributed by atoms with Crippen LogP contribution < -0.4 is 11.0 Å². The Labute approximate surface area is 216 Å². The highest BCUT2D eigenvalue weighted by Crippen LogP contribution is 2.41. The van der Waals surface area contributed by atoms with Crippen molar-refractivity contribution >= 4 is 27.7 Å². The van der Waals surface area contributed by atoms with Crippen LogP contribution in [0.5, 0.6) is 0 Å². The Morgan fingerprint density at radius 3 is 2.38 bits per heavy atom. The predicted octanol–water partition coefficient (Wildman–Crippen LogP) is 3.32. The Morgan fingerprint density at radius 1 is 0.865 bits per heavy atom. The van der Waals surface area contributed by atoms with Crippen LogP contribution in [0.25, 0.3) is 21.8 Å². The number of fused-ring (bicyclic) bond motifs is 1. The van der Waals surface area contributed by atoms with Gasteiger partial charge < -0.3 is 10.2 Å². The van der Waals surface area contributed by atoms with Gasteiger partial charge in [-0.1, -0.05) is 48.5 Å².